The highest BCUT2D eigenvalue weighted by molar-refractivity contribution is 4.99. The summed E-state index contributed by atoms with van der Waals surface area (Å²) in [6.07, 6.45) is -62.9. The Morgan fingerprint density at radius 1 is 0.365 bits per heavy atom. The molecule has 34 heteroatoms. The molecule has 0 spiro atoms. The average Bonchev–Trinajstić information content (AvgIpc) is 3.39. The minimum absolute atomic E-state index is 0.548. The Bertz CT molecular complexity index is 1660. The topological polar surface area (TPSA) is 556 Å². The van der Waals surface area contributed by atoms with Gasteiger partial charge in [0, 0.05) is 0 Å². The summed E-state index contributed by atoms with van der Waals surface area (Å²) >= 11 is 0. The van der Waals surface area contributed by atoms with E-state index in [2.05, 4.69) is 0 Å². The third-order valence-electron chi connectivity index (χ3n) is 13.4. The maximum Gasteiger partial charge on any atom is 0.187 e. The van der Waals surface area contributed by atoms with Crippen LogP contribution in [-0.4, -0.2) is 362 Å². The molecule has 6 saturated heterocycles. The molecule has 6 aliphatic heterocycles. The van der Waals surface area contributed by atoms with Gasteiger partial charge in [-0.2, -0.15) is 0 Å². The van der Waals surface area contributed by atoms with Gasteiger partial charge >= 0.3 is 0 Å². The molecule has 0 aliphatic carbocycles. The van der Waals surface area contributed by atoms with Crippen molar-refractivity contribution in [2.75, 3.05) is 52.9 Å². The SMILES string of the molecule is OC[C@@H](O)[C@@H](O[C@@H]1O[C@H](CO)[C@@H](O[C@@H]2O[C@H](CO[C@H]3OC[C@@H](O)[C@H](O)[C@H]3O)[C@@H](O[C@@H]3O[C@H](CO[C@H]4OC[C@@H](O)[C@H](O)[C@H]4O)[C@@H](O[C@@H]4O[C@H](CO)[C@@H](O)[C@H](O)[C@H]4O)[C@H](O)[C@H]3O)[C@H](O)[C@H]2O)[C@H](O)[C@H]1O)[C@H](O)[C@@H](O)CO. The van der Waals surface area contributed by atoms with E-state index in [4.69, 9.17) is 56.8 Å². The smallest absolute Gasteiger partial charge is 0.187 e. The van der Waals surface area contributed by atoms with E-state index >= 15 is 0 Å². The third-order valence-corrected chi connectivity index (χ3v) is 13.4. The highest BCUT2D eigenvalue weighted by Gasteiger charge is 2.57. The predicted octanol–water partition coefficient (Wildman–Crippen LogP) is -15.4. The number of ether oxygens (including phenoxy) is 12. The van der Waals surface area contributed by atoms with Gasteiger partial charge in [0.1, 0.15) is 159 Å². The predicted molar refractivity (Wildman–Crippen MR) is 222 cm³/mol. The summed E-state index contributed by atoms with van der Waals surface area (Å²) in [5.41, 5.74) is 0. The lowest BCUT2D eigenvalue weighted by atomic mass is 9.95. The van der Waals surface area contributed by atoms with Gasteiger partial charge in [-0.15, -0.1) is 0 Å². The Morgan fingerprint density at radius 2 is 0.716 bits per heavy atom. The van der Waals surface area contributed by atoms with Crippen LogP contribution in [0.1, 0.15) is 0 Å². The molecule has 0 aromatic heterocycles. The maximum atomic E-state index is 11.7. The van der Waals surface area contributed by atoms with Crippen molar-refractivity contribution in [1.29, 1.82) is 0 Å². The number of aliphatic hydroxyl groups is 22. The van der Waals surface area contributed by atoms with Gasteiger partial charge < -0.3 is 169 Å². The Hall–Kier alpha value is -1.36. The highest BCUT2D eigenvalue weighted by atomic mass is 16.8. The van der Waals surface area contributed by atoms with Gasteiger partial charge in [0.2, 0.25) is 0 Å². The number of hydrogen-bond acceptors (Lipinski definition) is 34. The first-order valence-electron chi connectivity index (χ1n) is 23.4. The molecule has 22 N–H and O–H groups in total. The molecule has 0 saturated carbocycles. The molecule has 0 amide bonds. The number of rotatable bonds is 21. The molecule has 6 aliphatic rings. The molecule has 0 radical (unpaired) electrons. The zero-order valence-corrected chi connectivity index (χ0v) is 38.9. The minimum atomic E-state index is -2.32. The van der Waals surface area contributed by atoms with Crippen LogP contribution in [0.5, 0.6) is 0 Å². The summed E-state index contributed by atoms with van der Waals surface area (Å²) in [6, 6.07) is 0. The van der Waals surface area contributed by atoms with Crippen LogP contribution in [0, 0.1) is 0 Å². The molecule has 434 valence electrons. The average molecular weight is 1090 g/mol. The zero-order chi connectivity index (χ0) is 54.6. The minimum Gasteiger partial charge on any atom is -0.394 e. The first-order chi connectivity index (χ1) is 35.0. The van der Waals surface area contributed by atoms with Gasteiger partial charge in [0.25, 0.3) is 0 Å². The van der Waals surface area contributed by atoms with Crippen molar-refractivity contribution in [1.82, 2.24) is 0 Å². The van der Waals surface area contributed by atoms with Crippen molar-refractivity contribution < 1.29 is 169 Å². The molecule has 74 heavy (non-hydrogen) atoms. The van der Waals surface area contributed by atoms with E-state index in [1.165, 1.54) is 0 Å². The summed E-state index contributed by atoms with van der Waals surface area (Å²) in [5.74, 6) is 0. The lowest BCUT2D eigenvalue weighted by Gasteiger charge is -2.49. The van der Waals surface area contributed by atoms with Crippen LogP contribution in [0.2, 0.25) is 0 Å². The fraction of sp³-hybridized carbons (Fsp3) is 1.00. The Balaban J connectivity index is 1.24. The first-order valence-corrected chi connectivity index (χ1v) is 23.4. The van der Waals surface area contributed by atoms with Gasteiger partial charge in [-0.3, -0.25) is 0 Å². The van der Waals surface area contributed by atoms with Crippen molar-refractivity contribution in [3.8, 4) is 0 Å². The van der Waals surface area contributed by atoms with Crippen LogP contribution in [0.15, 0.2) is 0 Å². The molecule has 6 fully saturated rings. The van der Waals surface area contributed by atoms with Gasteiger partial charge in [-0.1, -0.05) is 0 Å². The number of hydrogen-bond donors (Lipinski definition) is 22. The highest BCUT2D eigenvalue weighted by Crippen LogP contribution is 2.36. The second-order valence-corrected chi connectivity index (χ2v) is 18.5. The van der Waals surface area contributed by atoms with Gasteiger partial charge in [-0.05, 0) is 0 Å². The fourth-order valence-corrected chi connectivity index (χ4v) is 8.83. The summed E-state index contributed by atoms with van der Waals surface area (Å²) in [5, 5.41) is 231. The molecule has 6 heterocycles. The van der Waals surface area contributed by atoms with E-state index in [0.717, 1.165) is 0 Å². The van der Waals surface area contributed by atoms with Gasteiger partial charge in [0.05, 0.1) is 52.9 Å². The number of aliphatic hydroxyl groups excluding tert-OH is 22. The van der Waals surface area contributed by atoms with E-state index in [9.17, 15) is 112 Å². The normalized spacial score (nSPS) is 49.2. The van der Waals surface area contributed by atoms with E-state index in [1.54, 1.807) is 0 Å². The van der Waals surface area contributed by atoms with Crippen LogP contribution >= 0.6 is 0 Å². The molecule has 32 atom stereocenters. The largest absolute Gasteiger partial charge is 0.394 e. The third kappa shape index (κ3) is 13.6. The second-order valence-electron chi connectivity index (χ2n) is 18.5. The summed E-state index contributed by atoms with van der Waals surface area (Å²) in [4.78, 5) is 0. The zero-order valence-electron chi connectivity index (χ0n) is 38.9. The summed E-state index contributed by atoms with van der Waals surface area (Å²) < 4.78 is 67.4. The van der Waals surface area contributed by atoms with Crippen LogP contribution in [0.3, 0.4) is 0 Å². The molecule has 0 aromatic rings. The van der Waals surface area contributed by atoms with Gasteiger partial charge in [0.15, 0.2) is 37.7 Å². The lowest BCUT2D eigenvalue weighted by Crippen LogP contribution is -2.68. The monoisotopic (exact) mass is 1090 g/mol. The standard InChI is InChI=1S/C40H70O34/c41-1-9(45)19(51)31(10(46)2-42)71-38-28(60)22(54)32(14(4-44)68-38)72-39-29(61)23(55)34(16(69-39)8-66-36-26(58)18(50)12(48)6-64-36)74-40-30(62)24(56)33(73-37-27(59)21(53)20(52)13(3-43)67-37)15(70-40)7-65-35-25(57)17(49)11(47)5-63-35/h9-62H,1-8H2/t9-,10+,11+,12+,13+,14+,15+,16+,17-,18-,19+,20+,21-,22+,23+,24+,25+,26+,27+,28+,29+,30+,31+,32+,33+,34+,35+,36+,37-,38-,39-,40-/m0/s1. The van der Waals surface area contributed by atoms with Crippen LogP contribution in [0.25, 0.3) is 0 Å². The quantitative estimate of drug-likeness (QED) is 0.0507. The van der Waals surface area contributed by atoms with E-state index in [0.29, 0.717) is 0 Å². The van der Waals surface area contributed by atoms with Gasteiger partial charge in [-0.25, -0.2) is 0 Å². The molecule has 0 unspecified atom stereocenters. The molecular formula is C40H70O34. The molecule has 6 rings (SSSR count). The van der Waals surface area contributed by atoms with Crippen LogP contribution in [-0.2, 0) is 56.8 Å². The van der Waals surface area contributed by atoms with E-state index < -0.39 is 249 Å². The Labute approximate surface area is 418 Å². The van der Waals surface area contributed by atoms with Crippen molar-refractivity contribution in [3.05, 3.63) is 0 Å². The van der Waals surface area contributed by atoms with Crippen molar-refractivity contribution in [2.45, 2.75) is 196 Å². The Morgan fingerprint density at radius 3 is 1.12 bits per heavy atom. The van der Waals surface area contributed by atoms with Crippen molar-refractivity contribution in [3.63, 3.8) is 0 Å². The molecule has 0 bridgehead atoms. The van der Waals surface area contributed by atoms with Crippen LogP contribution < -0.4 is 0 Å². The molecule has 0 aromatic carbocycles. The fourth-order valence-electron chi connectivity index (χ4n) is 8.83. The lowest BCUT2D eigenvalue weighted by molar-refractivity contribution is -0.395. The Kier molecular flexibility index (Phi) is 22.7. The molecular weight excluding hydrogens is 1020 g/mol. The van der Waals surface area contributed by atoms with E-state index in [-0.39, 0.29) is 0 Å². The van der Waals surface area contributed by atoms with E-state index in [1.807, 2.05) is 0 Å². The van der Waals surface area contributed by atoms with Crippen molar-refractivity contribution in [2.24, 2.45) is 0 Å². The van der Waals surface area contributed by atoms with Crippen LogP contribution in [0.4, 0.5) is 0 Å². The second kappa shape index (κ2) is 27.2. The molecule has 34 nitrogen and oxygen atoms in total. The first kappa shape index (κ1) is 61.8. The maximum absolute atomic E-state index is 11.7. The summed E-state index contributed by atoms with van der Waals surface area (Å²) in [6.45, 7) is -7.04. The summed E-state index contributed by atoms with van der Waals surface area (Å²) in [7, 11) is 0. The van der Waals surface area contributed by atoms with Crippen molar-refractivity contribution >= 4 is 0 Å².